The highest BCUT2D eigenvalue weighted by Crippen LogP contribution is 2.40. The lowest BCUT2D eigenvalue weighted by atomic mass is 10.1. The SMILES string of the molecule is CSc1nc(C2CC2)cc(C(=O)OCC(=O)Nc2c(C#N)cnn2-c2ccccc2)c1C#N. The fourth-order valence-electron chi connectivity index (χ4n) is 3.24. The van der Waals surface area contributed by atoms with Gasteiger partial charge in [-0.1, -0.05) is 18.2 Å². The summed E-state index contributed by atoms with van der Waals surface area (Å²) in [5.74, 6) is -0.968. The molecule has 2 heterocycles. The molecule has 0 spiro atoms. The molecular formula is C23H18N6O3S. The third-order valence-corrected chi connectivity index (χ3v) is 5.69. The first-order chi connectivity index (χ1) is 16.0. The van der Waals surface area contributed by atoms with E-state index in [-0.39, 0.29) is 28.4 Å². The minimum Gasteiger partial charge on any atom is -0.452 e. The Morgan fingerprint density at radius 3 is 2.64 bits per heavy atom. The summed E-state index contributed by atoms with van der Waals surface area (Å²) in [6, 6.07) is 14.6. The van der Waals surface area contributed by atoms with Gasteiger partial charge in [0.25, 0.3) is 5.91 Å². The number of amides is 1. The van der Waals surface area contributed by atoms with Crippen LogP contribution in [0.15, 0.2) is 47.6 Å². The topological polar surface area (TPSA) is 134 Å². The van der Waals surface area contributed by atoms with Crippen LogP contribution in [0.1, 0.15) is 45.9 Å². The summed E-state index contributed by atoms with van der Waals surface area (Å²) in [6.07, 6.45) is 5.10. The number of hydrogen-bond acceptors (Lipinski definition) is 8. The number of ether oxygens (including phenoxy) is 1. The lowest BCUT2D eigenvalue weighted by Crippen LogP contribution is -2.23. The number of para-hydroxylation sites is 1. The average molecular weight is 459 g/mol. The second kappa shape index (κ2) is 9.55. The number of nitrogens with zero attached hydrogens (tertiary/aromatic N) is 5. The van der Waals surface area contributed by atoms with Crippen LogP contribution in [0.2, 0.25) is 0 Å². The molecule has 0 aliphatic heterocycles. The van der Waals surface area contributed by atoms with Gasteiger partial charge in [0.05, 0.1) is 23.0 Å². The van der Waals surface area contributed by atoms with Crippen molar-refractivity contribution in [1.29, 1.82) is 10.5 Å². The number of aromatic nitrogens is 3. The fraction of sp³-hybridized carbons (Fsp3) is 0.217. The number of benzene rings is 1. The van der Waals surface area contributed by atoms with Crippen molar-refractivity contribution in [3.05, 3.63) is 65.0 Å². The van der Waals surface area contributed by atoms with Gasteiger partial charge in [-0.2, -0.15) is 15.6 Å². The van der Waals surface area contributed by atoms with Gasteiger partial charge >= 0.3 is 5.97 Å². The first kappa shape index (κ1) is 22.1. The van der Waals surface area contributed by atoms with Crippen molar-refractivity contribution in [3.8, 4) is 17.8 Å². The van der Waals surface area contributed by atoms with Crippen molar-refractivity contribution in [3.63, 3.8) is 0 Å². The van der Waals surface area contributed by atoms with Crippen LogP contribution in [0, 0.1) is 22.7 Å². The number of thioether (sulfide) groups is 1. The third kappa shape index (κ3) is 4.71. The Hall–Kier alpha value is -4.15. The summed E-state index contributed by atoms with van der Waals surface area (Å²) in [6.45, 7) is -0.593. The summed E-state index contributed by atoms with van der Waals surface area (Å²) in [5, 5.41) is 26.1. The van der Waals surface area contributed by atoms with E-state index in [4.69, 9.17) is 4.74 Å². The maximum Gasteiger partial charge on any atom is 0.340 e. The van der Waals surface area contributed by atoms with Crippen LogP contribution in [0.3, 0.4) is 0 Å². The molecule has 1 amide bonds. The molecule has 0 saturated heterocycles. The van der Waals surface area contributed by atoms with E-state index in [1.165, 1.54) is 22.6 Å². The number of rotatable bonds is 7. The van der Waals surface area contributed by atoms with Gasteiger partial charge in [-0.3, -0.25) is 4.79 Å². The third-order valence-electron chi connectivity index (χ3n) is 5.01. The Balaban J connectivity index is 1.50. The van der Waals surface area contributed by atoms with Crippen molar-refractivity contribution in [2.75, 3.05) is 18.2 Å². The smallest absolute Gasteiger partial charge is 0.340 e. The highest BCUT2D eigenvalue weighted by atomic mass is 32.2. The molecular weight excluding hydrogens is 440 g/mol. The number of nitriles is 2. The van der Waals surface area contributed by atoms with Gasteiger partial charge in [0.1, 0.15) is 22.7 Å². The quantitative estimate of drug-likeness (QED) is 0.421. The van der Waals surface area contributed by atoms with Gasteiger partial charge < -0.3 is 10.1 Å². The van der Waals surface area contributed by atoms with E-state index in [0.29, 0.717) is 10.7 Å². The zero-order valence-corrected chi connectivity index (χ0v) is 18.4. The molecule has 1 N–H and O–H groups in total. The molecule has 1 saturated carbocycles. The largest absolute Gasteiger partial charge is 0.452 e. The van der Waals surface area contributed by atoms with E-state index >= 15 is 0 Å². The van der Waals surface area contributed by atoms with Gasteiger partial charge in [-0.25, -0.2) is 14.5 Å². The summed E-state index contributed by atoms with van der Waals surface area (Å²) >= 11 is 1.28. The first-order valence-electron chi connectivity index (χ1n) is 10.0. The number of carbonyl (C=O) groups excluding carboxylic acids is 2. The molecule has 4 rings (SSSR count). The lowest BCUT2D eigenvalue weighted by Gasteiger charge is -2.12. The van der Waals surface area contributed by atoms with Crippen molar-refractivity contribution in [2.45, 2.75) is 23.8 Å². The summed E-state index contributed by atoms with van der Waals surface area (Å²) < 4.78 is 6.62. The molecule has 1 aromatic carbocycles. The second-order valence-electron chi connectivity index (χ2n) is 7.26. The molecule has 1 aliphatic rings. The number of pyridine rings is 1. The van der Waals surface area contributed by atoms with Crippen molar-refractivity contribution in [1.82, 2.24) is 14.8 Å². The Labute approximate surface area is 194 Å². The summed E-state index contributed by atoms with van der Waals surface area (Å²) in [5.41, 5.74) is 1.79. The van der Waals surface area contributed by atoms with Crippen LogP contribution in [0.25, 0.3) is 5.69 Å². The fourth-order valence-corrected chi connectivity index (χ4v) is 3.79. The zero-order chi connectivity index (χ0) is 23.4. The van der Waals surface area contributed by atoms with E-state index in [9.17, 15) is 20.1 Å². The first-order valence-corrected chi connectivity index (χ1v) is 11.3. The lowest BCUT2D eigenvalue weighted by molar-refractivity contribution is -0.119. The Morgan fingerprint density at radius 2 is 2.00 bits per heavy atom. The molecule has 164 valence electrons. The van der Waals surface area contributed by atoms with Crippen LogP contribution >= 0.6 is 11.8 Å². The van der Waals surface area contributed by atoms with Crippen LogP contribution in [0.4, 0.5) is 5.82 Å². The van der Waals surface area contributed by atoms with Crippen molar-refractivity contribution < 1.29 is 14.3 Å². The number of anilines is 1. The number of hydrogen-bond donors (Lipinski definition) is 1. The average Bonchev–Trinajstić information content (AvgIpc) is 3.63. The highest BCUT2D eigenvalue weighted by Gasteiger charge is 2.29. The molecule has 0 unspecified atom stereocenters. The second-order valence-corrected chi connectivity index (χ2v) is 8.05. The van der Waals surface area contributed by atoms with Crippen LogP contribution in [-0.4, -0.2) is 39.5 Å². The molecule has 3 aromatic rings. The van der Waals surface area contributed by atoms with E-state index < -0.39 is 18.5 Å². The molecule has 9 nitrogen and oxygen atoms in total. The molecule has 0 radical (unpaired) electrons. The van der Waals surface area contributed by atoms with Gasteiger partial charge in [0, 0.05) is 11.6 Å². The molecule has 0 bridgehead atoms. The van der Waals surface area contributed by atoms with Gasteiger partial charge in [0.2, 0.25) is 0 Å². The Bertz CT molecular complexity index is 1300. The summed E-state index contributed by atoms with van der Waals surface area (Å²) in [4.78, 5) is 29.8. The van der Waals surface area contributed by atoms with Crippen molar-refractivity contribution >= 4 is 29.5 Å². The molecule has 0 atom stereocenters. The van der Waals surface area contributed by atoms with Gasteiger partial charge in [0.15, 0.2) is 12.4 Å². The van der Waals surface area contributed by atoms with Crippen LogP contribution < -0.4 is 5.32 Å². The van der Waals surface area contributed by atoms with Gasteiger partial charge in [-0.15, -0.1) is 11.8 Å². The number of esters is 1. The molecule has 10 heteroatoms. The zero-order valence-electron chi connectivity index (χ0n) is 17.6. The predicted octanol–water partition coefficient (Wildman–Crippen LogP) is 3.41. The maximum atomic E-state index is 12.7. The van der Waals surface area contributed by atoms with E-state index in [1.807, 2.05) is 18.2 Å². The minimum absolute atomic E-state index is 0.0959. The van der Waals surface area contributed by atoms with Gasteiger partial charge in [-0.05, 0) is 37.3 Å². The number of nitrogens with one attached hydrogen (secondary N) is 1. The summed E-state index contributed by atoms with van der Waals surface area (Å²) in [7, 11) is 0. The standard InChI is InChI=1S/C23H18N6O3S/c1-33-22-18(11-25)17(9-19(27-22)14-7-8-14)23(31)32-13-20(30)28-21-15(10-24)12-26-29(21)16-5-3-2-4-6-16/h2-6,9,12,14H,7-8,13H2,1H3,(H,28,30). The van der Waals surface area contributed by atoms with E-state index in [0.717, 1.165) is 18.5 Å². The van der Waals surface area contributed by atoms with E-state index in [2.05, 4.69) is 15.4 Å². The Kier molecular flexibility index (Phi) is 6.38. The number of carbonyl (C=O) groups is 2. The predicted molar refractivity (Wildman–Crippen MR) is 120 cm³/mol. The highest BCUT2D eigenvalue weighted by molar-refractivity contribution is 7.98. The normalized spacial score (nSPS) is 12.5. The van der Waals surface area contributed by atoms with Crippen molar-refractivity contribution in [2.24, 2.45) is 0 Å². The van der Waals surface area contributed by atoms with E-state index in [1.54, 1.807) is 36.6 Å². The molecule has 1 fully saturated rings. The minimum atomic E-state index is -0.779. The van der Waals surface area contributed by atoms with Crippen LogP contribution in [-0.2, 0) is 9.53 Å². The maximum absolute atomic E-state index is 12.7. The van der Waals surface area contributed by atoms with Crippen LogP contribution in [0.5, 0.6) is 0 Å². The molecule has 2 aromatic heterocycles. The monoisotopic (exact) mass is 458 g/mol. The molecule has 1 aliphatic carbocycles. The Morgan fingerprint density at radius 1 is 1.24 bits per heavy atom. The molecule has 33 heavy (non-hydrogen) atoms.